The van der Waals surface area contributed by atoms with Crippen LogP contribution in [0.15, 0.2) is 11.6 Å². The van der Waals surface area contributed by atoms with Crippen molar-refractivity contribution in [1.82, 2.24) is 0 Å². The monoisotopic (exact) mass is 1560 g/mol. The number of carbonyl (C=O) groups excluding carboxylic acids is 2. The van der Waals surface area contributed by atoms with Crippen molar-refractivity contribution in [3.05, 3.63) is 11.6 Å². The first-order chi connectivity index (χ1) is 50.7. The quantitative estimate of drug-likeness (QED) is 0.0326. The van der Waals surface area contributed by atoms with Crippen LogP contribution in [-0.2, 0) is 80.6 Å². The van der Waals surface area contributed by atoms with Crippen LogP contribution in [0.25, 0.3) is 0 Å². The van der Waals surface area contributed by atoms with E-state index in [0.29, 0.717) is 64.2 Å². The number of esters is 2. The fraction of sp³-hybridized carbons (Fsp3) is 0.944. The van der Waals surface area contributed by atoms with Gasteiger partial charge in [0.2, 0.25) is 6.29 Å². The first-order valence-electron chi connectivity index (χ1n) is 37.9. The van der Waals surface area contributed by atoms with Crippen LogP contribution in [0, 0.1) is 50.2 Å². The Kier molecular flexibility index (Phi) is 25.5. The van der Waals surface area contributed by atoms with Crippen LogP contribution < -0.4 is 0 Å². The molecule has 42 atom stereocenters. The molecule has 12 rings (SSSR count). The van der Waals surface area contributed by atoms with Crippen LogP contribution in [0.1, 0.15) is 127 Å². The molecule has 0 aromatic heterocycles. The van der Waals surface area contributed by atoms with E-state index in [1.165, 1.54) is 13.8 Å². The predicted octanol–water partition coefficient (Wildman–Crippen LogP) is -5.69. The lowest BCUT2D eigenvalue weighted by Gasteiger charge is -2.71. The molecule has 4 saturated carbocycles. The van der Waals surface area contributed by atoms with Gasteiger partial charge in [-0.05, 0) is 117 Å². The van der Waals surface area contributed by atoms with Crippen LogP contribution >= 0.6 is 0 Å². The number of hydrogen-bond acceptors (Lipinski definition) is 36. The van der Waals surface area contributed by atoms with Crippen LogP contribution in [0.2, 0.25) is 0 Å². The Labute approximate surface area is 624 Å². The van der Waals surface area contributed by atoms with Crippen LogP contribution in [-0.4, -0.2) is 357 Å². The highest BCUT2D eigenvalue weighted by molar-refractivity contribution is 5.79. The maximum absolute atomic E-state index is 15.7. The van der Waals surface area contributed by atoms with Gasteiger partial charge in [0.05, 0.1) is 56.8 Å². The molecule has 5 aliphatic carbocycles. The summed E-state index contributed by atoms with van der Waals surface area (Å²) in [5, 5.41) is 208. The van der Waals surface area contributed by atoms with Crippen molar-refractivity contribution in [3.8, 4) is 0 Å². The predicted molar refractivity (Wildman–Crippen MR) is 357 cm³/mol. The van der Waals surface area contributed by atoms with E-state index >= 15 is 4.79 Å². The van der Waals surface area contributed by atoms with Crippen LogP contribution in [0.4, 0.5) is 0 Å². The summed E-state index contributed by atoms with van der Waals surface area (Å²) in [6.45, 7) is 13.9. The van der Waals surface area contributed by atoms with E-state index in [1.807, 2.05) is 6.92 Å². The number of rotatable bonds is 19. The zero-order valence-corrected chi connectivity index (χ0v) is 62.2. The Morgan fingerprint density at radius 2 is 1.09 bits per heavy atom. The molecule has 36 heteroatoms. The summed E-state index contributed by atoms with van der Waals surface area (Å²) >= 11 is 0. The van der Waals surface area contributed by atoms with Gasteiger partial charge in [-0.2, -0.15) is 0 Å². The lowest BCUT2D eigenvalue weighted by molar-refractivity contribution is -0.383. The Hall–Kier alpha value is -2.60. The molecule has 7 saturated heterocycles. The summed E-state index contributed by atoms with van der Waals surface area (Å²) in [7, 11) is 0. The van der Waals surface area contributed by atoms with E-state index in [2.05, 4.69) is 40.7 Å². The molecule has 12 aliphatic rings. The number of aliphatic hydroxyl groups excluding tert-OH is 19. The maximum atomic E-state index is 15.7. The number of fused-ring (bicyclic) bond motifs is 7. The second kappa shape index (κ2) is 32.5. The number of aliphatic hydroxyl groups is 19. The second-order valence-corrected chi connectivity index (χ2v) is 34.3. The summed E-state index contributed by atoms with van der Waals surface area (Å²) in [5.74, 6) is -1.94. The van der Waals surface area contributed by atoms with Crippen molar-refractivity contribution in [2.45, 2.75) is 335 Å². The van der Waals surface area contributed by atoms with Crippen molar-refractivity contribution >= 4 is 11.9 Å². The average molecular weight is 1560 g/mol. The largest absolute Gasteiger partial charge is 0.463 e. The summed E-state index contributed by atoms with van der Waals surface area (Å²) in [6, 6.07) is 0. The highest BCUT2D eigenvalue weighted by Gasteiger charge is 2.71. The minimum atomic E-state index is -1.99. The van der Waals surface area contributed by atoms with Crippen molar-refractivity contribution in [2.24, 2.45) is 50.2 Å². The van der Waals surface area contributed by atoms with Gasteiger partial charge in [-0.25, -0.2) is 0 Å². The van der Waals surface area contributed by atoms with Gasteiger partial charge in [-0.3, -0.25) is 9.59 Å². The summed E-state index contributed by atoms with van der Waals surface area (Å²) in [6.07, 6.45) is -48.7. The Balaban J connectivity index is 0.731. The summed E-state index contributed by atoms with van der Waals surface area (Å²) in [5.41, 5.74) is -2.56. The molecular weight excluding hydrogens is 1440 g/mol. The SMILES string of the molecule is CC(=O)OC[C@H]1O[C@@H](OC[C@H]2O[C@@H](O)[C@H](O)[C@@H](O)[C@@H]2O)[C@H](O)[C@@H](O)[C@@H]1O[C@H]1[C@H](OC(=O)[C@]23CCC(C)(C)C[C@H]2C2=CC[C@@H]4[C@@]5(C)CC[C@H](O[C@@H]6OC[C@H](O)[C@H](O)[C@H]6O[C@@H]6O[C@@H](C)[C@H](O)[C@@H](O[C@@H]7OC[C@@H](O[C@@H]8O[C@H](CO)[C@@H](O)[C@H](O)[C@H]8O)[C@H](O)[C@H]7O)[C@H]6O)[C@@](C)(CO)[C@@H]5CC[C@@]4(C)[C@]2(C)CC3)O[C@@H](C)[C@H](O)[C@H]1O. The number of allylic oxidation sites excluding steroid dienone is 2. The van der Waals surface area contributed by atoms with Gasteiger partial charge in [-0.15, -0.1) is 0 Å². The van der Waals surface area contributed by atoms with E-state index in [4.69, 9.17) is 71.1 Å². The normalized spacial score (nSPS) is 53.9. The van der Waals surface area contributed by atoms with Crippen LogP contribution in [0.3, 0.4) is 0 Å². The van der Waals surface area contributed by atoms with E-state index in [1.54, 1.807) is 0 Å². The minimum Gasteiger partial charge on any atom is -0.463 e. The summed E-state index contributed by atoms with van der Waals surface area (Å²) in [4.78, 5) is 28.0. The molecule has 7 heterocycles. The van der Waals surface area contributed by atoms with Gasteiger partial charge >= 0.3 is 11.9 Å². The Bertz CT molecular complexity index is 3100. The van der Waals surface area contributed by atoms with Gasteiger partial charge in [-0.1, -0.05) is 53.2 Å². The average Bonchev–Trinajstić information content (AvgIpc) is 0.674. The zero-order chi connectivity index (χ0) is 78.7. The third kappa shape index (κ3) is 15.2. The number of hydrogen-bond donors (Lipinski definition) is 19. The van der Waals surface area contributed by atoms with Gasteiger partial charge in [0.25, 0.3) is 0 Å². The Morgan fingerprint density at radius 1 is 0.491 bits per heavy atom. The molecule has 108 heavy (non-hydrogen) atoms. The first kappa shape index (κ1) is 84.8. The molecule has 36 nitrogen and oxygen atoms in total. The van der Waals surface area contributed by atoms with Gasteiger partial charge in [0, 0.05) is 12.3 Å². The minimum absolute atomic E-state index is 0.0235. The highest BCUT2D eigenvalue weighted by atomic mass is 16.8. The Morgan fingerprint density at radius 3 is 1.79 bits per heavy atom. The van der Waals surface area contributed by atoms with Crippen molar-refractivity contribution in [1.29, 1.82) is 0 Å². The third-order valence-corrected chi connectivity index (χ3v) is 27.3. The molecular formula is C72H116O36. The molecule has 0 spiro atoms. The van der Waals surface area contributed by atoms with Gasteiger partial charge in [0.15, 0.2) is 37.7 Å². The second-order valence-electron chi connectivity index (χ2n) is 34.3. The fourth-order valence-electron chi connectivity index (χ4n) is 20.4. The maximum Gasteiger partial charge on any atom is 0.315 e. The third-order valence-electron chi connectivity index (χ3n) is 27.3. The molecule has 11 fully saturated rings. The zero-order valence-electron chi connectivity index (χ0n) is 62.2. The molecule has 0 bridgehead atoms. The molecule has 19 N–H and O–H groups in total. The molecule has 7 aliphatic heterocycles. The molecule has 0 aromatic carbocycles. The smallest absolute Gasteiger partial charge is 0.315 e. The topological polar surface area (TPSA) is 557 Å². The van der Waals surface area contributed by atoms with Gasteiger partial charge in [0.1, 0.15) is 153 Å². The van der Waals surface area contributed by atoms with Crippen molar-refractivity contribution in [3.63, 3.8) is 0 Å². The van der Waals surface area contributed by atoms with E-state index in [9.17, 15) is 102 Å². The lowest BCUT2D eigenvalue weighted by Crippen LogP contribution is -2.67. The lowest BCUT2D eigenvalue weighted by atomic mass is 9.33. The number of ether oxygens (including phenoxy) is 15. The molecule has 0 unspecified atom stereocenters. The summed E-state index contributed by atoms with van der Waals surface area (Å²) < 4.78 is 89.2. The van der Waals surface area contributed by atoms with Crippen LogP contribution in [0.5, 0.6) is 0 Å². The van der Waals surface area contributed by atoms with Crippen molar-refractivity contribution < 1.29 is 178 Å². The molecule has 0 amide bonds. The number of carbonyl (C=O) groups is 2. The van der Waals surface area contributed by atoms with Crippen molar-refractivity contribution in [2.75, 3.05) is 39.6 Å². The van der Waals surface area contributed by atoms with E-state index in [-0.39, 0.29) is 29.8 Å². The molecule has 0 radical (unpaired) electrons. The van der Waals surface area contributed by atoms with Gasteiger partial charge < -0.3 is 168 Å². The first-order valence-corrected chi connectivity index (χ1v) is 37.9. The highest BCUT2D eigenvalue weighted by Crippen LogP contribution is 2.76. The van der Waals surface area contributed by atoms with E-state index < -0.39 is 281 Å². The van der Waals surface area contributed by atoms with E-state index in [0.717, 1.165) is 12.5 Å². The molecule has 0 aromatic rings. The molecule has 620 valence electrons. The standard InChI is InChI=1S/C72H116O36/c1-27-40(77)48(85)58(105-55-36(25-94-29(3)75)103-60(53(90)49(55)86)96-23-34-44(81)46(83)50(87)59(92)100-34)65(99-27)108-66(93)72-18-16-67(4,5)20-31(72)30-10-11-38-68(6)14-13-39(69(7,26-74)37(68)12-15-71(38,9)70(30,8)17-19-72)104-64-57(42(79)32(76)22-95-64)107-63-54(91)56(41(78)28(2)98-63)106-61-51(88)45(82)35(24-97-61)102-62-52(89)47(84)43(80)33(21-73)101-62/h10,27-28,31-65,73-74,76-92H,11-26H2,1-9H3/t27-,28-,31-,32-,33+,34+,35+,36+,37+,38+,39-,40-,41-,42-,43+,44+,45-,46-,47-,48+,49+,50+,51+,52+,53+,54+,55+,56+,57+,58+,59+,60+,61-,62-,63-,64-,65-,68-,69-,70+,71+,72-/m0/s1. The fourth-order valence-corrected chi connectivity index (χ4v) is 20.4.